The van der Waals surface area contributed by atoms with Gasteiger partial charge in [-0.1, -0.05) is 18.2 Å². The fourth-order valence-corrected chi connectivity index (χ4v) is 3.74. The number of hydrogen-bond donors (Lipinski definition) is 1. The molecule has 1 aliphatic rings. The predicted molar refractivity (Wildman–Crippen MR) is 104 cm³/mol. The summed E-state index contributed by atoms with van der Waals surface area (Å²) >= 11 is 0. The van der Waals surface area contributed by atoms with Crippen LogP contribution in [0.2, 0.25) is 0 Å². The monoisotopic (exact) mass is 354 g/mol. The average molecular weight is 354 g/mol. The molecule has 1 unspecified atom stereocenters. The van der Waals surface area contributed by atoms with Crippen molar-refractivity contribution in [1.29, 1.82) is 0 Å². The summed E-state index contributed by atoms with van der Waals surface area (Å²) in [6, 6.07) is 8.26. The van der Waals surface area contributed by atoms with Gasteiger partial charge in [0.05, 0.1) is 11.4 Å². The van der Waals surface area contributed by atoms with E-state index >= 15 is 0 Å². The number of para-hydroxylation sites is 1. The second-order valence-electron chi connectivity index (χ2n) is 7.49. The third-order valence-electron chi connectivity index (χ3n) is 5.53. The SMILES string of the molecule is Cc1ccccc1-n1nc(C)c(CN(C)C(=O)CCC2CCNC2)c1C. The number of aryl methyl sites for hydroxylation is 2. The number of benzene rings is 1. The summed E-state index contributed by atoms with van der Waals surface area (Å²) in [7, 11) is 1.90. The molecule has 1 fully saturated rings. The van der Waals surface area contributed by atoms with Crippen molar-refractivity contribution in [2.24, 2.45) is 5.92 Å². The van der Waals surface area contributed by atoms with Gasteiger partial charge in [-0.05, 0) is 64.3 Å². The molecule has 0 aliphatic carbocycles. The molecule has 140 valence electrons. The number of rotatable bonds is 6. The van der Waals surface area contributed by atoms with Gasteiger partial charge in [-0.25, -0.2) is 4.68 Å². The first kappa shape index (κ1) is 18.6. The highest BCUT2D eigenvalue weighted by Crippen LogP contribution is 2.22. The standard InChI is InChI=1S/C21H30N4O/c1-15-7-5-6-8-20(15)25-17(3)19(16(2)23-25)14-24(4)21(26)10-9-18-11-12-22-13-18/h5-8,18,22H,9-14H2,1-4H3. The van der Waals surface area contributed by atoms with Gasteiger partial charge in [-0.2, -0.15) is 5.10 Å². The Morgan fingerprint density at radius 2 is 2.08 bits per heavy atom. The number of carbonyl (C=O) groups is 1. The van der Waals surface area contributed by atoms with Crippen LogP contribution in [0.25, 0.3) is 5.69 Å². The summed E-state index contributed by atoms with van der Waals surface area (Å²) in [5.74, 6) is 0.874. The fourth-order valence-electron chi connectivity index (χ4n) is 3.74. The lowest BCUT2D eigenvalue weighted by Gasteiger charge is -2.18. The minimum Gasteiger partial charge on any atom is -0.341 e. The Balaban J connectivity index is 1.69. The molecule has 0 radical (unpaired) electrons. The van der Waals surface area contributed by atoms with Crippen LogP contribution in [0, 0.1) is 26.7 Å². The Hall–Kier alpha value is -2.14. The second kappa shape index (κ2) is 8.04. The maximum absolute atomic E-state index is 12.5. The molecule has 1 aliphatic heterocycles. The predicted octanol–water partition coefficient (Wildman–Crippen LogP) is 3.15. The molecule has 1 aromatic carbocycles. The van der Waals surface area contributed by atoms with Crippen LogP contribution in [0.15, 0.2) is 24.3 Å². The molecule has 0 spiro atoms. The van der Waals surface area contributed by atoms with Crippen LogP contribution in [0.5, 0.6) is 0 Å². The van der Waals surface area contributed by atoms with E-state index < -0.39 is 0 Å². The molecule has 1 amide bonds. The van der Waals surface area contributed by atoms with Gasteiger partial charge in [0.2, 0.25) is 5.91 Å². The van der Waals surface area contributed by atoms with E-state index in [1.54, 1.807) is 0 Å². The molecule has 5 heteroatoms. The lowest BCUT2D eigenvalue weighted by molar-refractivity contribution is -0.130. The Kier molecular flexibility index (Phi) is 5.77. The van der Waals surface area contributed by atoms with E-state index in [-0.39, 0.29) is 5.91 Å². The number of aromatic nitrogens is 2. The van der Waals surface area contributed by atoms with Crippen molar-refractivity contribution in [3.8, 4) is 5.69 Å². The highest BCUT2D eigenvalue weighted by atomic mass is 16.2. The van der Waals surface area contributed by atoms with Crippen LogP contribution < -0.4 is 5.32 Å². The Morgan fingerprint density at radius 1 is 1.31 bits per heavy atom. The van der Waals surface area contributed by atoms with Crippen molar-refractivity contribution < 1.29 is 4.79 Å². The van der Waals surface area contributed by atoms with Crippen molar-refractivity contribution in [1.82, 2.24) is 20.0 Å². The van der Waals surface area contributed by atoms with Gasteiger partial charge < -0.3 is 10.2 Å². The maximum atomic E-state index is 12.5. The van der Waals surface area contributed by atoms with Gasteiger partial charge in [-0.15, -0.1) is 0 Å². The lowest BCUT2D eigenvalue weighted by atomic mass is 10.0. The minimum absolute atomic E-state index is 0.222. The summed E-state index contributed by atoms with van der Waals surface area (Å²) in [4.78, 5) is 14.4. The Morgan fingerprint density at radius 3 is 2.77 bits per heavy atom. The first-order valence-electron chi connectivity index (χ1n) is 9.53. The lowest BCUT2D eigenvalue weighted by Crippen LogP contribution is -2.27. The van der Waals surface area contributed by atoms with Gasteiger partial charge in [0.1, 0.15) is 0 Å². The van der Waals surface area contributed by atoms with Gasteiger partial charge in [0.25, 0.3) is 0 Å². The number of nitrogens with one attached hydrogen (secondary N) is 1. The molecule has 1 aromatic heterocycles. The number of hydrogen-bond acceptors (Lipinski definition) is 3. The number of amides is 1. The minimum atomic E-state index is 0.222. The average Bonchev–Trinajstić information content (AvgIpc) is 3.23. The fraction of sp³-hybridized carbons (Fsp3) is 0.524. The summed E-state index contributed by atoms with van der Waals surface area (Å²) in [6.45, 7) is 8.97. The Labute approximate surface area is 156 Å². The van der Waals surface area contributed by atoms with Crippen molar-refractivity contribution in [3.05, 3.63) is 46.8 Å². The number of carbonyl (C=O) groups excluding carboxylic acids is 1. The van der Waals surface area contributed by atoms with Crippen LogP contribution in [-0.4, -0.2) is 40.7 Å². The van der Waals surface area contributed by atoms with E-state index in [1.807, 2.05) is 35.7 Å². The summed E-state index contributed by atoms with van der Waals surface area (Å²) in [5.41, 5.74) is 5.54. The van der Waals surface area contributed by atoms with Crippen molar-refractivity contribution in [3.63, 3.8) is 0 Å². The molecule has 2 aromatic rings. The third-order valence-corrected chi connectivity index (χ3v) is 5.53. The molecule has 26 heavy (non-hydrogen) atoms. The van der Waals surface area contributed by atoms with Crippen molar-refractivity contribution in [2.45, 2.75) is 46.6 Å². The molecule has 0 saturated carbocycles. The molecule has 1 atom stereocenters. The van der Waals surface area contributed by atoms with Gasteiger partial charge in [0, 0.05) is 31.3 Å². The molecule has 2 heterocycles. The van der Waals surface area contributed by atoms with E-state index in [4.69, 9.17) is 5.10 Å². The van der Waals surface area contributed by atoms with E-state index in [2.05, 4.69) is 31.3 Å². The highest BCUT2D eigenvalue weighted by molar-refractivity contribution is 5.75. The normalized spacial score (nSPS) is 16.8. The topological polar surface area (TPSA) is 50.2 Å². The van der Waals surface area contributed by atoms with E-state index in [1.165, 1.54) is 12.0 Å². The van der Waals surface area contributed by atoms with Crippen LogP contribution >= 0.6 is 0 Å². The summed E-state index contributed by atoms with van der Waals surface area (Å²) < 4.78 is 2.00. The first-order chi connectivity index (χ1) is 12.5. The van der Waals surface area contributed by atoms with Crippen LogP contribution in [0.3, 0.4) is 0 Å². The largest absolute Gasteiger partial charge is 0.341 e. The quantitative estimate of drug-likeness (QED) is 0.867. The van der Waals surface area contributed by atoms with Gasteiger partial charge in [0.15, 0.2) is 0 Å². The Bertz CT molecular complexity index is 774. The molecule has 3 rings (SSSR count). The summed E-state index contributed by atoms with van der Waals surface area (Å²) in [6.07, 6.45) is 2.81. The highest BCUT2D eigenvalue weighted by Gasteiger charge is 2.20. The molecule has 0 bridgehead atoms. The van der Waals surface area contributed by atoms with Gasteiger partial charge in [-0.3, -0.25) is 4.79 Å². The zero-order valence-corrected chi connectivity index (χ0v) is 16.4. The third kappa shape index (κ3) is 3.98. The maximum Gasteiger partial charge on any atom is 0.222 e. The molecule has 1 saturated heterocycles. The zero-order chi connectivity index (χ0) is 18.7. The smallest absolute Gasteiger partial charge is 0.222 e. The van der Waals surface area contributed by atoms with E-state index in [9.17, 15) is 4.79 Å². The zero-order valence-electron chi connectivity index (χ0n) is 16.4. The van der Waals surface area contributed by atoms with Crippen molar-refractivity contribution >= 4 is 5.91 Å². The van der Waals surface area contributed by atoms with Crippen molar-refractivity contribution in [2.75, 3.05) is 20.1 Å². The molecular weight excluding hydrogens is 324 g/mol. The molecule has 1 N–H and O–H groups in total. The van der Waals surface area contributed by atoms with E-state index in [0.717, 1.165) is 42.1 Å². The summed E-state index contributed by atoms with van der Waals surface area (Å²) in [5, 5.41) is 8.10. The second-order valence-corrected chi connectivity index (χ2v) is 7.49. The van der Waals surface area contributed by atoms with Crippen LogP contribution in [-0.2, 0) is 11.3 Å². The molecule has 5 nitrogen and oxygen atoms in total. The van der Waals surface area contributed by atoms with Crippen LogP contribution in [0.4, 0.5) is 0 Å². The van der Waals surface area contributed by atoms with E-state index in [0.29, 0.717) is 18.9 Å². The number of nitrogens with zero attached hydrogens (tertiary/aromatic N) is 3. The first-order valence-corrected chi connectivity index (χ1v) is 9.53. The van der Waals surface area contributed by atoms with Crippen LogP contribution in [0.1, 0.15) is 41.8 Å². The molecular formula is C21H30N4O. The van der Waals surface area contributed by atoms with Gasteiger partial charge >= 0.3 is 0 Å².